The third kappa shape index (κ3) is 2.76. The predicted octanol–water partition coefficient (Wildman–Crippen LogP) is 2.46. The Bertz CT molecular complexity index is 345. The third-order valence-electron chi connectivity index (χ3n) is 1.95. The monoisotopic (exact) mass is 192 g/mol. The van der Waals surface area contributed by atoms with E-state index in [0.29, 0.717) is 0 Å². The van der Waals surface area contributed by atoms with Gasteiger partial charge in [0.25, 0.3) is 0 Å². The van der Waals surface area contributed by atoms with E-state index >= 15 is 0 Å². The molecule has 0 unspecified atom stereocenters. The van der Waals surface area contributed by atoms with E-state index in [0.717, 1.165) is 22.8 Å². The van der Waals surface area contributed by atoms with Crippen LogP contribution in [0.3, 0.4) is 0 Å². The summed E-state index contributed by atoms with van der Waals surface area (Å²) < 4.78 is 5.17. The van der Waals surface area contributed by atoms with E-state index in [9.17, 15) is 0 Å². The summed E-state index contributed by atoms with van der Waals surface area (Å²) in [4.78, 5) is 4.03. The molecule has 76 valence electrons. The molecule has 0 heterocycles. The molecule has 0 saturated carbocycles. The van der Waals surface area contributed by atoms with Gasteiger partial charge in [-0.15, -0.1) is 0 Å². The van der Waals surface area contributed by atoms with Crippen LogP contribution in [-0.4, -0.2) is 20.0 Å². The van der Waals surface area contributed by atoms with E-state index in [1.807, 2.05) is 26.0 Å². The van der Waals surface area contributed by atoms with Crippen molar-refractivity contribution in [3.63, 3.8) is 0 Å². The average molecular weight is 192 g/mol. The van der Waals surface area contributed by atoms with Crippen molar-refractivity contribution in [3.05, 3.63) is 23.8 Å². The van der Waals surface area contributed by atoms with Crippen molar-refractivity contribution >= 4 is 11.5 Å². The summed E-state index contributed by atoms with van der Waals surface area (Å²) in [5.41, 5.74) is 2.17. The minimum Gasteiger partial charge on any atom is -0.497 e. The number of methoxy groups -OCH3 is 1. The van der Waals surface area contributed by atoms with Gasteiger partial charge >= 0.3 is 0 Å². The SMILES string of the molecule is CN=C(C)Nc1cc(C)cc(OC)c1. The van der Waals surface area contributed by atoms with Crippen LogP contribution in [0, 0.1) is 6.92 Å². The molecule has 1 N–H and O–H groups in total. The zero-order chi connectivity index (χ0) is 10.6. The van der Waals surface area contributed by atoms with Gasteiger partial charge < -0.3 is 10.1 Å². The molecule has 0 atom stereocenters. The molecule has 0 aliphatic heterocycles. The third-order valence-corrected chi connectivity index (χ3v) is 1.95. The van der Waals surface area contributed by atoms with Gasteiger partial charge in [0.1, 0.15) is 5.75 Å². The molecule has 0 bridgehead atoms. The first kappa shape index (κ1) is 10.6. The summed E-state index contributed by atoms with van der Waals surface area (Å²) in [5.74, 6) is 1.74. The lowest BCUT2D eigenvalue weighted by Gasteiger charge is -2.08. The Morgan fingerprint density at radius 2 is 2.07 bits per heavy atom. The Morgan fingerprint density at radius 3 is 2.64 bits per heavy atom. The Labute approximate surface area is 84.8 Å². The van der Waals surface area contributed by atoms with Gasteiger partial charge in [-0.3, -0.25) is 4.99 Å². The number of hydrogen-bond acceptors (Lipinski definition) is 2. The van der Waals surface area contributed by atoms with E-state index in [2.05, 4.69) is 16.4 Å². The van der Waals surface area contributed by atoms with Crippen molar-refractivity contribution in [2.45, 2.75) is 13.8 Å². The molecular weight excluding hydrogens is 176 g/mol. The highest BCUT2D eigenvalue weighted by Gasteiger charge is 1.98. The van der Waals surface area contributed by atoms with Gasteiger partial charge in [0, 0.05) is 18.8 Å². The number of benzene rings is 1. The highest BCUT2D eigenvalue weighted by Crippen LogP contribution is 2.20. The normalized spacial score (nSPS) is 11.3. The first-order chi connectivity index (χ1) is 6.65. The van der Waals surface area contributed by atoms with Gasteiger partial charge in [0.15, 0.2) is 0 Å². The second-order valence-electron chi connectivity index (χ2n) is 3.17. The maximum absolute atomic E-state index is 5.17. The lowest BCUT2D eigenvalue weighted by Crippen LogP contribution is -2.06. The summed E-state index contributed by atoms with van der Waals surface area (Å²) in [5, 5.41) is 3.18. The molecule has 0 fully saturated rings. The number of amidine groups is 1. The van der Waals surface area contributed by atoms with Crippen molar-refractivity contribution in [3.8, 4) is 5.75 Å². The zero-order valence-electron chi connectivity index (χ0n) is 9.09. The summed E-state index contributed by atoms with van der Waals surface area (Å²) in [7, 11) is 3.43. The summed E-state index contributed by atoms with van der Waals surface area (Å²) in [6.07, 6.45) is 0. The fraction of sp³-hybridized carbons (Fsp3) is 0.364. The van der Waals surface area contributed by atoms with E-state index in [4.69, 9.17) is 4.74 Å². The van der Waals surface area contributed by atoms with Gasteiger partial charge in [-0.1, -0.05) is 0 Å². The molecule has 0 amide bonds. The van der Waals surface area contributed by atoms with Crippen LogP contribution in [0.15, 0.2) is 23.2 Å². The Hall–Kier alpha value is -1.51. The zero-order valence-corrected chi connectivity index (χ0v) is 9.09. The summed E-state index contributed by atoms with van der Waals surface area (Å²) >= 11 is 0. The van der Waals surface area contributed by atoms with Crippen molar-refractivity contribution in [1.29, 1.82) is 0 Å². The Morgan fingerprint density at radius 1 is 1.36 bits per heavy atom. The van der Waals surface area contributed by atoms with Crippen LogP contribution in [0.5, 0.6) is 5.75 Å². The highest BCUT2D eigenvalue weighted by atomic mass is 16.5. The fourth-order valence-corrected chi connectivity index (χ4v) is 1.20. The smallest absolute Gasteiger partial charge is 0.121 e. The summed E-state index contributed by atoms with van der Waals surface area (Å²) in [6.45, 7) is 3.96. The molecule has 0 aromatic heterocycles. The number of nitrogens with one attached hydrogen (secondary N) is 1. The molecule has 0 aliphatic carbocycles. The molecule has 1 aromatic carbocycles. The van der Waals surface area contributed by atoms with Crippen molar-refractivity contribution in [2.75, 3.05) is 19.5 Å². The van der Waals surface area contributed by atoms with Gasteiger partial charge in [-0.2, -0.15) is 0 Å². The summed E-state index contributed by atoms with van der Waals surface area (Å²) in [6, 6.07) is 5.99. The number of ether oxygens (including phenoxy) is 1. The first-order valence-corrected chi connectivity index (χ1v) is 4.52. The quantitative estimate of drug-likeness (QED) is 0.577. The minimum absolute atomic E-state index is 0.858. The van der Waals surface area contributed by atoms with E-state index < -0.39 is 0 Å². The topological polar surface area (TPSA) is 33.6 Å². The maximum atomic E-state index is 5.17. The number of rotatable bonds is 2. The molecule has 0 aliphatic rings. The van der Waals surface area contributed by atoms with E-state index in [1.165, 1.54) is 0 Å². The highest BCUT2D eigenvalue weighted by molar-refractivity contribution is 5.93. The Balaban J connectivity index is 2.92. The largest absolute Gasteiger partial charge is 0.497 e. The van der Waals surface area contributed by atoms with Crippen LogP contribution in [0.2, 0.25) is 0 Å². The maximum Gasteiger partial charge on any atom is 0.121 e. The molecule has 1 rings (SSSR count). The van der Waals surface area contributed by atoms with Crippen LogP contribution in [0.25, 0.3) is 0 Å². The van der Waals surface area contributed by atoms with Crippen molar-refractivity contribution in [2.24, 2.45) is 4.99 Å². The van der Waals surface area contributed by atoms with Gasteiger partial charge in [0.2, 0.25) is 0 Å². The lowest BCUT2D eigenvalue weighted by atomic mass is 10.2. The standard InChI is InChI=1S/C11H16N2O/c1-8-5-10(13-9(2)12-3)7-11(6-8)14-4/h5-7H,1-4H3,(H,12,13). The molecule has 14 heavy (non-hydrogen) atoms. The number of anilines is 1. The molecule has 3 nitrogen and oxygen atoms in total. The van der Waals surface area contributed by atoms with Crippen LogP contribution in [0.4, 0.5) is 5.69 Å². The van der Waals surface area contributed by atoms with Crippen LogP contribution < -0.4 is 10.1 Å². The van der Waals surface area contributed by atoms with E-state index in [1.54, 1.807) is 14.2 Å². The van der Waals surface area contributed by atoms with Crippen LogP contribution in [0.1, 0.15) is 12.5 Å². The van der Waals surface area contributed by atoms with Crippen molar-refractivity contribution < 1.29 is 4.74 Å². The molecule has 0 saturated heterocycles. The van der Waals surface area contributed by atoms with Gasteiger partial charge in [-0.25, -0.2) is 0 Å². The fourth-order valence-electron chi connectivity index (χ4n) is 1.20. The number of nitrogens with zero attached hydrogens (tertiary/aromatic N) is 1. The first-order valence-electron chi connectivity index (χ1n) is 4.52. The molecule has 3 heteroatoms. The van der Waals surface area contributed by atoms with E-state index in [-0.39, 0.29) is 0 Å². The second-order valence-corrected chi connectivity index (χ2v) is 3.17. The molecule has 1 aromatic rings. The Kier molecular flexibility index (Phi) is 3.51. The second kappa shape index (κ2) is 4.65. The van der Waals surface area contributed by atoms with Crippen LogP contribution in [-0.2, 0) is 0 Å². The molecule has 0 spiro atoms. The number of hydrogen-bond donors (Lipinski definition) is 1. The van der Waals surface area contributed by atoms with Crippen LogP contribution >= 0.6 is 0 Å². The number of aliphatic imine (C=N–C) groups is 1. The van der Waals surface area contributed by atoms with Gasteiger partial charge in [0.05, 0.1) is 12.9 Å². The molecule has 0 radical (unpaired) electrons. The van der Waals surface area contributed by atoms with Gasteiger partial charge in [-0.05, 0) is 31.5 Å². The predicted molar refractivity (Wildman–Crippen MR) is 60.4 cm³/mol. The minimum atomic E-state index is 0.858. The number of aryl methyl sites for hydroxylation is 1. The molecular formula is C11H16N2O. The van der Waals surface area contributed by atoms with Crippen molar-refractivity contribution in [1.82, 2.24) is 0 Å². The average Bonchev–Trinajstić information content (AvgIpc) is 2.16. The lowest BCUT2D eigenvalue weighted by molar-refractivity contribution is 0.414.